The summed E-state index contributed by atoms with van der Waals surface area (Å²) in [7, 11) is -4.62. The van der Waals surface area contributed by atoms with Gasteiger partial charge in [-0.25, -0.2) is 4.79 Å². The van der Waals surface area contributed by atoms with E-state index in [0.29, 0.717) is 0 Å². The van der Waals surface area contributed by atoms with Gasteiger partial charge in [0.25, 0.3) is 10.1 Å². The Morgan fingerprint density at radius 2 is 1.67 bits per heavy atom. The van der Waals surface area contributed by atoms with Crippen LogP contribution in [0.1, 0.15) is 12.0 Å². The summed E-state index contributed by atoms with van der Waals surface area (Å²) in [5, 5.41) is 16.4. The minimum absolute atomic E-state index is 0.0105. The van der Waals surface area contributed by atoms with Crippen LogP contribution in [0.5, 0.6) is 0 Å². The van der Waals surface area contributed by atoms with Crippen molar-refractivity contribution in [1.29, 1.82) is 0 Å². The van der Waals surface area contributed by atoms with E-state index >= 15 is 0 Å². The van der Waals surface area contributed by atoms with Crippen LogP contribution < -0.4 is 0 Å². The zero-order valence-corrected chi connectivity index (χ0v) is 11.7. The van der Waals surface area contributed by atoms with Crippen LogP contribution in [-0.4, -0.2) is 35.1 Å². The Kier molecular flexibility index (Phi) is 7.66. The smallest absolute Gasteiger partial charge is 0.332 e. The predicted molar refractivity (Wildman–Crippen MR) is 76.1 cm³/mol. The fourth-order valence-electron chi connectivity index (χ4n) is 1.10. The van der Waals surface area contributed by atoms with Gasteiger partial charge in [0, 0.05) is 0 Å². The fraction of sp³-hybridized carbons (Fsp3) is 0.0769. The summed E-state index contributed by atoms with van der Waals surface area (Å²) in [6.45, 7) is 3.63. The van der Waals surface area contributed by atoms with Gasteiger partial charge >= 0.3 is 11.9 Å². The SMILES string of the molecule is C=Cc1ccccc1.O=C(O)CC(=CS(=O)(=O)O)C(=O)O. The normalized spacial score (nSPS) is 11.0. The van der Waals surface area contributed by atoms with Crippen LogP contribution in [0.25, 0.3) is 6.08 Å². The van der Waals surface area contributed by atoms with Crippen LogP contribution in [0.4, 0.5) is 0 Å². The monoisotopic (exact) mass is 314 g/mol. The molecule has 0 bridgehead atoms. The Morgan fingerprint density at radius 3 is 1.95 bits per heavy atom. The van der Waals surface area contributed by atoms with Crippen molar-refractivity contribution < 1.29 is 32.8 Å². The minimum atomic E-state index is -4.62. The first-order valence-corrected chi connectivity index (χ1v) is 6.96. The molecule has 0 saturated carbocycles. The molecule has 0 atom stereocenters. The van der Waals surface area contributed by atoms with Crippen molar-refractivity contribution in [2.75, 3.05) is 0 Å². The van der Waals surface area contributed by atoms with E-state index in [2.05, 4.69) is 6.58 Å². The van der Waals surface area contributed by atoms with E-state index in [9.17, 15) is 18.0 Å². The molecule has 114 valence electrons. The average Bonchev–Trinajstić information content (AvgIpc) is 2.37. The number of hydrogen-bond acceptors (Lipinski definition) is 4. The van der Waals surface area contributed by atoms with Crippen LogP contribution in [0.3, 0.4) is 0 Å². The van der Waals surface area contributed by atoms with Crippen molar-refractivity contribution in [2.24, 2.45) is 0 Å². The topological polar surface area (TPSA) is 129 Å². The molecule has 0 heterocycles. The van der Waals surface area contributed by atoms with Crippen LogP contribution in [-0.2, 0) is 19.7 Å². The maximum atomic E-state index is 10.2. The zero-order valence-electron chi connectivity index (χ0n) is 10.8. The van der Waals surface area contributed by atoms with Crippen LogP contribution in [0.2, 0.25) is 0 Å². The van der Waals surface area contributed by atoms with E-state index in [1.165, 1.54) is 5.56 Å². The maximum Gasteiger partial charge on any atom is 0.332 e. The van der Waals surface area contributed by atoms with Crippen molar-refractivity contribution in [2.45, 2.75) is 6.42 Å². The second-order valence-electron chi connectivity index (χ2n) is 3.65. The summed E-state index contributed by atoms with van der Waals surface area (Å²) in [6, 6.07) is 10.0. The molecule has 0 aliphatic carbocycles. The molecule has 0 aliphatic rings. The Balaban J connectivity index is 0.000000423. The molecule has 8 heteroatoms. The summed E-state index contributed by atoms with van der Waals surface area (Å²) in [5.41, 5.74) is 0.266. The largest absolute Gasteiger partial charge is 0.481 e. The highest BCUT2D eigenvalue weighted by Crippen LogP contribution is 2.04. The highest BCUT2D eigenvalue weighted by Gasteiger charge is 2.15. The van der Waals surface area contributed by atoms with Gasteiger partial charge in [-0.05, 0) is 5.56 Å². The molecule has 0 unspecified atom stereocenters. The molecule has 1 rings (SSSR count). The first-order valence-electron chi connectivity index (χ1n) is 5.46. The van der Waals surface area contributed by atoms with E-state index in [-0.39, 0.29) is 5.41 Å². The van der Waals surface area contributed by atoms with Gasteiger partial charge in [-0.1, -0.05) is 43.0 Å². The molecule has 0 spiro atoms. The third kappa shape index (κ3) is 10.0. The Labute approximate surface area is 121 Å². The summed E-state index contributed by atoms with van der Waals surface area (Å²) in [4.78, 5) is 20.2. The van der Waals surface area contributed by atoms with E-state index in [1.54, 1.807) is 0 Å². The maximum absolute atomic E-state index is 10.2. The summed E-state index contributed by atoms with van der Waals surface area (Å²) in [5.74, 6) is -3.21. The quantitative estimate of drug-likeness (QED) is 0.556. The molecule has 0 saturated heterocycles. The summed E-state index contributed by atoms with van der Waals surface area (Å²) in [6.07, 6.45) is 0.856. The van der Waals surface area contributed by atoms with E-state index in [4.69, 9.17) is 14.8 Å². The number of carboxylic acid groups (broad SMARTS) is 2. The highest BCUT2D eigenvalue weighted by molar-refractivity contribution is 7.88. The predicted octanol–water partition coefficient (Wildman–Crippen LogP) is 1.65. The molecule has 0 fully saturated rings. The molecule has 1 aromatic rings. The van der Waals surface area contributed by atoms with Gasteiger partial charge in [0.2, 0.25) is 0 Å². The Morgan fingerprint density at radius 1 is 1.14 bits per heavy atom. The molecular weight excluding hydrogens is 300 g/mol. The summed E-state index contributed by atoms with van der Waals surface area (Å²) >= 11 is 0. The molecule has 0 aliphatic heterocycles. The van der Waals surface area contributed by atoms with Crippen molar-refractivity contribution >= 4 is 28.1 Å². The third-order valence-corrected chi connectivity index (χ3v) is 2.53. The molecule has 0 radical (unpaired) electrons. The van der Waals surface area contributed by atoms with Gasteiger partial charge < -0.3 is 10.2 Å². The number of carbonyl (C=O) groups is 2. The molecule has 7 nitrogen and oxygen atoms in total. The molecule has 21 heavy (non-hydrogen) atoms. The lowest BCUT2D eigenvalue weighted by Gasteiger charge is -1.95. The van der Waals surface area contributed by atoms with E-state index < -0.39 is 34.1 Å². The first-order chi connectivity index (χ1) is 9.65. The Hall–Kier alpha value is -2.45. The number of rotatable bonds is 5. The van der Waals surface area contributed by atoms with Gasteiger partial charge in [-0.15, -0.1) is 0 Å². The molecular formula is C13H14O7S. The van der Waals surface area contributed by atoms with Crippen molar-refractivity contribution in [3.05, 3.63) is 53.5 Å². The second-order valence-corrected chi connectivity index (χ2v) is 4.91. The van der Waals surface area contributed by atoms with Crippen LogP contribution in [0, 0.1) is 0 Å². The lowest BCUT2D eigenvalue weighted by Crippen LogP contribution is -2.09. The number of hydrogen-bond donors (Lipinski definition) is 3. The molecule has 1 aromatic carbocycles. The Bertz CT molecular complexity index is 630. The lowest BCUT2D eigenvalue weighted by atomic mass is 10.2. The first kappa shape index (κ1) is 18.6. The van der Waals surface area contributed by atoms with Gasteiger partial charge in [-0.3, -0.25) is 9.35 Å². The van der Waals surface area contributed by atoms with Gasteiger partial charge in [0.05, 0.1) is 17.4 Å². The zero-order chi connectivity index (χ0) is 16.5. The number of carboxylic acids is 2. The molecule has 3 N–H and O–H groups in total. The van der Waals surface area contributed by atoms with E-state index in [1.807, 2.05) is 36.4 Å². The third-order valence-electron chi connectivity index (χ3n) is 1.94. The molecule has 0 amide bonds. The van der Waals surface area contributed by atoms with E-state index in [0.717, 1.165) is 0 Å². The number of aliphatic carboxylic acids is 2. The highest BCUT2D eigenvalue weighted by atomic mass is 32.2. The van der Waals surface area contributed by atoms with Gasteiger partial charge in [0.1, 0.15) is 0 Å². The minimum Gasteiger partial charge on any atom is -0.481 e. The standard InChI is InChI=1S/C8H8.C5H6O7S/c1-2-8-6-4-3-5-7-8;6-4(7)1-3(5(8)9)2-13(10,11)12/h2-7H,1H2;2H,1H2,(H,6,7)(H,8,9)(H,10,11,12). The van der Waals surface area contributed by atoms with Gasteiger partial charge in [-0.2, -0.15) is 8.42 Å². The second kappa shape index (κ2) is 8.67. The van der Waals surface area contributed by atoms with Crippen LogP contribution in [0.15, 0.2) is 47.9 Å². The fourth-order valence-corrected chi connectivity index (χ4v) is 1.64. The van der Waals surface area contributed by atoms with Crippen molar-refractivity contribution in [3.8, 4) is 0 Å². The van der Waals surface area contributed by atoms with Crippen molar-refractivity contribution in [3.63, 3.8) is 0 Å². The van der Waals surface area contributed by atoms with Gasteiger partial charge in [0.15, 0.2) is 0 Å². The van der Waals surface area contributed by atoms with Crippen LogP contribution >= 0.6 is 0 Å². The lowest BCUT2D eigenvalue weighted by molar-refractivity contribution is -0.139. The summed E-state index contributed by atoms with van der Waals surface area (Å²) < 4.78 is 28.5. The number of benzene rings is 1. The average molecular weight is 314 g/mol. The molecule has 0 aromatic heterocycles. The van der Waals surface area contributed by atoms with Crippen molar-refractivity contribution in [1.82, 2.24) is 0 Å².